The molecular formula is C37H46ClN3O5. The maximum absolute atomic E-state index is 15.2. The maximum Gasteiger partial charge on any atom is 0.253 e. The van der Waals surface area contributed by atoms with E-state index in [2.05, 4.69) is 13.2 Å². The second-order valence-corrected chi connectivity index (χ2v) is 13.7. The predicted octanol–water partition coefficient (Wildman–Crippen LogP) is 5.80. The van der Waals surface area contributed by atoms with Crippen LogP contribution in [0.25, 0.3) is 0 Å². The summed E-state index contributed by atoms with van der Waals surface area (Å²) >= 11 is 6.72. The molecule has 0 radical (unpaired) electrons. The van der Waals surface area contributed by atoms with E-state index < -0.39 is 35.1 Å². The molecule has 1 spiro atoms. The number of hydrogen-bond acceptors (Lipinski definition) is 5. The molecule has 246 valence electrons. The van der Waals surface area contributed by atoms with Gasteiger partial charge in [0.2, 0.25) is 11.8 Å². The number of benzene rings is 2. The van der Waals surface area contributed by atoms with Crippen molar-refractivity contribution in [1.82, 2.24) is 4.90 Å². The van der Waals surface area contributed by atoms with Crippen LogP contribution in [0.2, 0.25) is 5.02 Å². The number of carbonyl (C=O) groups is 3. The lowest BCUT2D eigenvalue weighted by atomic mass is 9.62. The first-order chi connectivity index (χ1) is 21.9. The van der Waals surface area contributed by atoms with E-state index in [1.165, 1.54) is 0 Å². The molecule has 3 amide bonds. The maximum atomic E-state index is 15.2. The van der Waals surface area contributed by atoms with Gasteiger partial charge in [-0.15, -0.1) is 13.2 Å². The van der Waals surface area contributed by atoms with E-state index >= 15 is 4.79 Å². The Kier molecular flexibility index (Phi) is 9.56. The molecule has 8 atom stereocenters. The number of carbonyl (C=O) groups excluding carboxylic acids is 3. The molecule has 3 fully saturated rings. The molecule has 0 aromatic heterocycles. The van der Waals surface area contributed by atoms with Crippen molar-refractivity contribution in [3.8, 4) is 0 Å². The molecule has 9 heteroatoms. The molecule has 2 aromatic carbocycles. The Balaban J connectivity index is 1.70. The molecule has 3 aliphatic heterocycles. The summed E-state index contributed by atoms with van der Waals surface area (Å²) in [5.74, 6) is -3.03. The van der Waals surface area contributed by atoms with Gasteiger partial charge in [-0.25, -0.2) is 0 Å². The Morgan fingerprint density at radius 3 is 2.35 bits per heavy atom. The van der Waals surface area contributed by atoms with Gasteiger partial charge < -0.3 is 24.5 Å². The zero-order valence-electron chi connectivity index (χ0n) is 27.5. The summed E-state index contributed by atoms with van der Waals surface area (Å²) in [5, 5.41) is 11.2. The molecule has 1 N–H and O–H groups in total. The van der Waals surface area contributed by atoms with Crippen molar-refractivity contribution in [2.24, 2.45) is 23.7 Å². The fourth-order valence-electron chi connectivity index (χ4n) is 8.26. The number of amides is 3. The normalized spacial score (nSPS) is 29.3. The number of aliphatic hydroxyl groups is 1. The van der Waals surface area contributed by atoms with Gasteiger partial charge in [-0.1, -0.05) is 81.3 Å². The number of aryl methyl sites for hydroxylation is 1. The highest BCUT2D eigenvalue weighted by Gasteiger charge is 2.80. The number of para-hydroxylation sites is 2. The quantitative estimate of drug-likeness (QED) is 0.294. The number of anilines is 2. The third-order valence-corrected chi connectivity index (χ3v) is 11.1. The van der Waals surface area contributed by atoms with Gasteiger partial charge in [-0.2, -0.15) is 0 Å². The summed E-state index contributed by atoms with van der Waals surface area (Å²) in [4.78, 5) is 49.7. The first kappa shape index (κ1) is 33.9. The molecule has 2 bridgehead atoms. The Hall–Kier alpha value is -3.46. The summed E-state index contributed by atoms with van der Waals surface area (Å²) in [5.41, 5.74) is -0.290. The molecule has 0 aliphatic carbocycles. The number of halogens is 1. The average molecular weight is 648 g/mol. The average Bonchev–Trinajstić information content (AvgIpc) is 3.55. The van der Waals surface area contributed by atoms with Crippen LogP contribution < -0.4 is 9.80 Å². The fourth-order valence-corrected chi connectivity index (χ4v) is 8.59. The Bertz CT molecular complexity index is 1500. The number of nitrogens with zero attached hydrogens (tertiary/aromatic N) is 3. The van der Waals surface area contributed by atoms with Crippen molar-refractivity contribution in [3.05, 3.63) is 84.4 Å². The van der Waals surface area contributed by atoms with Gasteiger partial charge in [0.1, 0.15) is 11.6 Å². The first-order valence-electron chi connectivity index (χ1n) is 16.2. The van der Waals surface area contributed by atoms with Crippen molar-refractivity contribution in [2.45, 2.75) is 70.7 Å². The van der Waals surface area contributed by atoms with Crippen molar-refractivity contribution in [2.75, 3.05) is 29.5 Å². The van der Waals surface area contributed by atoms with Gasteiger partial charge in [-0.3, -0.25) is 14.4 Å². The second-order valence-electron chi connectivity index (χ2n) is 13.3. The predicted molar refractivity (Wildman–Crippen MR) is 182 cm³/mol. The van der Waals surface area contributed by atoms with Gasteiger partial charge >= 0.3 is 0 Å². The number of hydrogen-bond donors (Lipinski definition) is 1. The minimum Gasteiger partial charge on any atom is -0.394 e. The number of rotatable bonds is 12. The van der Waals surface area contributed by atoms with Crippen LogP contribution in [0.1, 0.15) is 46.1 Å². The molecule has 5 rings (SSSR count). The molecular weight excluding hydrogens is 602 g/mol. The SMILES string of the molecule is C=CCN(C(=O)[C@@H]1[C@H]2C(=O)N([C@@H](CO)[C@@H](C)CC)C(C(=O)N(CC=C)c3c(C)cccc3Cl)C23CC(C)[C@@]1(C)O3)c1ccccc1. The summed E-state index contributed by atoms with van der Waals surface area (Å²) < 4.78 is 7.02. The molecule has 3 saturated heterocycles. The summed E-state index contributed by atoms with van der Waals surface area (Å²) in [6.07, 6.45) is 4.38. The van der Waals surface area contributed by atoms with Crippen molar-refractivity contribution < 1.29 is 24.2 Å². The van der Waals surface area contributed by atoms with Gasteiger partial charge in [0, 0.05) is 18.8 Å². The van der Waals surface area contributed by atoms with E-state index in [9.17, 15) is 14.7 Å². The van der Waals surface area contributed by atoms with Gasteiger partial charge in [-0.05, 0) is 55.9 Å². The Labute approximate surface area is 277 Å². The fraction of sp³-hybridized carbons (Fsp3) is 0.486. The molecule has 3 aliphatic rings. The van der Waals surface area contributed by atoms with Crippen molar-refractivity contribution in [1.29, 1.82) is 0 Å². The first-order valence-corrected chi connectivity index (χ1v) is 16.6. The number of fused-ring (bicyclic) bond motifs is 1. The van der Waals surface area contributed by atoms with Crippen molar-refractivity contribution >= 4 is 40.7 Å². The standard InChI is InChI=1S/C37H46ClN3O5/c1-8-19-39(26-16-12-11-13-17-26)33(43)29-30-34(44)41(28(22-42)23(4)10-3)32(37(30)21-25(6)36(29,7)46-37)35(45)40(20-9-2)31-24(5)15-14-18-27(31)38/h8-9,11-18,23,25,28-30,32,42H,1-2,10,19-22H2,3-7H3/t23-,25?,28-,29-,30-,32?,36+,37?/m0/s1. The van der Waals surface area contributed by atoms with Crippen LogP contribution in [0.4, 0.5) is 11.4 Å². The molecule has 0 saturated carbocycles. The second kappa shape index (κ2) is 13.0. The lowest BCUT2D eigenvalue weighted by Crippen LogP contribution is -2.60. The van der Waals surface area contributed by atoms with E-state index in [4.69, 9.17) is 16.3 Å². The van der Waals surface area contributed by atoms with E-state index in [0.717, 1.165) is 5.56 Å². The van der Waals surface area contributed by atoms with Crippen LogP contribution in [-0.4, -0.2) is 70.7 Å². The largest absolute Gasteiger partial charge is 0.394 e. The smallest absolute Gasteiger partial charge is 0.253 e. The Morgan fingerprint density at radius 2 is 1.76 bits per heavy atom. The highest BCUT2D eigenvalue weighted by Crippen LogP contribution is 2.66. The van der Waals surface area contributed by atoms with E-state index in [-0.39, 0.29) is 49.3 Å². The highest BCUT2D eigenvalue weighted by molar-refractivity contribution is 6.34. The zero-order chi connectivity index (χ0) is 33.6. The van der Waals surface area contributed by atoms with E-state index in [1.807, 2.05) is 77.1 Å². The van der Waals surface area contributed by atoms with Crippen LogP contribution in [0, 0.1) is 30.6 Å². The van der Waals surface area contributed by atoms with Crippen LogP contribution in [0.3, 0.4) is 0 Å². The van der Waals surface area contributed by atoms with Crippen LogP contribution in [0.5, 0.6) is 0 Å². The van der Waals surface area contributed by atoms with Gasteiger partial charge in [0.15, 0.2) is 0 Å². The number of ether oxygens (including phenoxy) is 1. The molecule has 46 heavy (non-hydrogen) atoms. The number of likely N-dealkylation sites (tertiary alicyclic amines) is 1. The molecule has 3 heterocycles. The van der Waals surface area contributed by atoms with Gasteiger partial charge in [0.25, 0.3) is 5.91 Å². The molecule has 2 aromatic rings. The minimum absolute atomic E-state index is 0.129. The summed E-state index contributed by atoms with van der Waals surface area (Å²) in [6, 6.07) is 13.0. The number of aliphatic hydroxyl groups excluding tert-OH is 1. The van der Waals surface area contributed by atoms with Crippen LogP contribution in [0.15, 0.2) is 73.8 Å². The molecule has 3 unspecified atom stereocenters. The summed E-state index contributed by atoms with van der Waals surface area (Å²) in [7, 11) is 0. The third kappa shape index (κ3) is 5.09. The highest BCUT2D eigenvalue weighted by atomic mass is 35.5. The van der Waals surface area contributed by atoms with Gasteiger partial charge in [0.05, 0.1) is 40.8 Å². The topological polar surface area (TPSA) is 90.4 Å². The van der Waals surface area contributed by atoms with Crippen molar-refractivity contribution in [3.63, 3.8) is 0 Å². The Morgan fingerprint density at radius 1 is 1.11 bits per heavy atom. The zero-order valence-corrected chi connectivity index (χ0v) is 28.2. The monoisotopic (exact) mass is 647 g/mol. The minimum atomic E-state index is -1.30. The van der Waals surface area contributed by atoms with E-state index in [0.29, 0.717) is 29.2 Å². The van der Waals surface area contributed by atoms with E-state index in [1.54, 1.807) is 32.9 Å². The lowest BCUT2D eigenvalue weighted by Gasteiger charge is -2.41. The van der Waals surface area contributed by atoms with Crippen LogP contribution >= 0.6 is 11.6 Å². The molecule has 8 nitrogen and oxygen atoms in total. The lowest BCUT2D eigenvalue weighted by molar-refractivity contribution is -0.150. The summed E-state index contributed by atoms with van der Waals surface area (Å²) in [6.45, 7) is 17.6. The third-order valence-electron chi connectivity index (χ3n) is 10.8. The van der Waals surface area contributed by atoms with Crippen LogP contribution in [-0.2, 0) is 19.1 Å².